The van der Waals surface area contributed by atoms with E-state index in [4.69, 9.17) is 9.47 Å². The Balaban J connectivity index is 1.24. The molecule has 9 nitrogen and oxygen atoms in total. The molecule has 1 aromatic rings. The van der Waals surface area contributed by atoms with Gasteiger partial charge in [0.1, 0.15) is 30.9 Å². The largest absolute Gasteiger partial charge is 0.374 e. The number of amides is 2. The van der Waals surface area contributed by atoms with Crippen LogP contribution in [0, 0.1) is 5.41 Å². The summed E-state index contributed by atoms with van der Waals surface area (Å²) < 4.78 is 11.5. The summed E-state index contributed by atoms with van der Waals surface area (Å²) in [6.07, 6.45) is 3.22. The first kappa shape index (κ1) is 27.1. The molecule has 4 aliphatic rings. The summed E-state index contributed by atoms with van der Waals surface area (Å²) in [7, 11) is 0. The van der Waals surface area contributed by atoms with Crippen LogP contribution in [0.15, 0.2) is 24.3 Å². The van der Waals surface area contributed by atoms with E-state index in [1.807, 2.05) is 52.0 Å². The van der Waals surface area contributed by atoms with Crippen molar-refractivity contribution in [3.05, 3.63) is 29.8 Å². The quantitative estimate of drug-likeness (QED) is 0.582. The molecular formula is C29H42N4O5. The van der Waals surface area contributed by atoms with E-state index >= 15 is 0 Å². The first-order valence-corrected chi connectivity index (χ1v) is 14.1. The zero-order chi connectivity index (χ0) is 27.0. The fraction of sp³-hybridized carbons (Fsp3) is 0.690. The van der Waals surface area contributed by atoms with Gasteiger partial charge in [-0.3, -0.25) is 19.3 Å². The van der Waals surface area contributed by atoms with Crippen molar-refractivity contribution in [3.8, 4) is 0 Å². The normalized spacial score (nSPS) is 27.3. The monoisotopic (exact) mass is 526 g/mol. The van der Waals surface area contributed by atoms with Crippen molar-refractivity contribution >= 4 is 23.3 Å². The number of rotatable bonds is 7. The van der Waals surface area contributed by atoms with Gasteiger partial charge in [0.15, 0.2) is 5.78 Å². The number of benzene rings is 1. The molecule has 4 fully saturated rings. The summed E-state index contributed by atoms with van der Waals surface area (Å²) in [5.41, 5.74) is 1.06. The van der Waals surface area contributed by atoms with Gasteiger partial charge < -0.3 is 24.6 Å². The van der Waals surface area contributed by atoms with Gasteiger partial charge >= 0.3 is 0 Å². The first-order valence-electron chi connectivity index (χ1n) is 14.1. The number of carbonyl (C=O) groups is 3. The highest BCUT2D eigenvalue weighted by Crippen LogP contribution is 2.32. The number of hydrogen-bond donors (Lipinski definition) is 1. The van der Waals surface area contributed by atoms with Crippen molar-refractivity contribution in [2.45, 2.75) is 77.3 Å². The Morgan fingerprint density at radius 3 is 2.37 bits per heavy atom. The average molecular weight is 527 g/mol. The lowest BCUT2D eigenvalue weighted by atomic mass is 9.85. The third kappa shape index (κ3) is 5.33. The predicted molar refractivity (Wildman–Crippen MR) is 144 cm³/mol. The molecule has 0 bridgehead atoms. The summed E-state index contributed by atoms with van der Waals surface area (Å²) in [6, 6.07) is 6.96. The smallest absolute Gasteiger partial charge is 0.251 e. The fourth-order valence-corrected chi connectivity index (χ4v) is 6.15. The molecule has 0 spiro atoms. The number of ether oxygens (including phenoxy) is 2. The van der Waals surface area contributed by atoms with Crippen LogP contribution in [0.4, 0.5) is 5.69 Å². The Hall–Kier alpha value is -2.49. The number of carbonyl (C=O) groups excluding carboxylic acids is 3. The number of Topliss-reactive ketones (excluding diaryl/α,β-unsaturated/α-hetero) is 1. The Bertz CT molecular complexity index is 1030. The molecule has 4 atom stereocenters. The maximum Gasteiger partial charge on any atom is 0.251 e. The third-order valence-corrected chi connectivity index (χ3v) is 8.59. The molecule has 0 radical (unpaired) electrons. The van der Waals surface area contributed by atoms with Gasteiger partial charge in [-0.25, -0.2) is 0 Å². The number of likely N-dealkylation sites (tertiary alicyclic amines) is 1. The van der Waals surface area contributed by atoms with E-state index in [2.05, 4.69) is 15.1 Å². The molecule has 0 aromatic heterocycles. The van der Waals surface area contributed by atoms with E-state index in [-0.39, 0.29) is 36.9 Å². The highest BCUT2D eigenvalue weighted by molar-refractivity contribution is 5.99. The zero-order valence-corrected chi connectivity index (χ0v) is 23.2. The molecule has 1 aromatic carbocycles. The Labute approximate surface area is 225 Å². The molecule has 38 heavy (non-hydrogen) atoms. The van der Waals surface area contributed by atoms with Crippen LogP contribution in [0.3, 0.4) is 0 Å². The summed E-state index contributed by atoms with van der Waals surface area (Å²) in [4.78, 5) is 46.2. The van der Waals surface area contributed by atoms with E-state index in [1.165, 1.54) is 19.3 Å². The van der Waals surface area contributed by atoms with Gasteiger partial charge in [-0.2, -0.15) is 0 Å². The van der Waals surface area contributed by atoms with Gasteiger partial charge in [0.2, 0.25) is 5.91 Å². The molecule has 9 heteroatoms. The molecule has 3 saturated heterocycles. The minimum absolute atomic E-state index is 0.0167. The van der Waals surface area contributed by atoms with Crippen molar-refractivity contribution in [3.63, 3.8) is 0 Å². The molecule has 1 saturated carbocycles. The van der Waals surface area contributed by atoms with Crippen LogP contribution in [0.5, 0.6) is 0 Å². The van der Waals surface area contributed by atoms with Crippen molar-refractivity contribution in [1.82, 2.24) is 15.1 Å². The minimum atomic E-state index is -0.802. The number of piperazine rings is 1. The van der Waals surface area contributed by atoms with E-state index in [0.29, 0.717) is 12.2 Å². The molecule has 1 N–H and O–H groups in total. The molecule has 3 aliphatic heterocycles. The number of hydrogen-bond acceptors (Lipinski definition) is 7. The second kappa shape index (κ2) is 10.9. The van der Waals surface area contributed by atoms with Crippen LogP contribution in [-0.4, -0.2) is 104 Å². The molecule has 5 rings (SSSR count). The SMILES string of the molecule is CCO[C@H]1CN(C(=O)C(NC(=O)c2ccc(N3CCN(C4CCC4)CC3)cc2)C(C)(C)C)[C@@H]2C(=O)CO[C@H]12. The topological polar surface area (TPSA) is 91.4 Å². The maximum atomic E-state index is 13.8. The van der Waals surface area contributed by atoms with Crippen LogP contribution >= 0.6 is 0 Å². The lowest BCUT2D eigenvalue weighted by Gasteiger charge is -2.43. The molecule has 3 heterocycles. The Kier molecular flexibility index (Phi) is 7.80. The molecule has 208 valence electrons. The highest BCUT2D eigenvalue weighted by Gasteiger charge is 2.54. The van der Waals surface area contributed by atoms with Gasteiger partial charge in [-0.05, 0) is 49.4 Å². The second-order valence-electron chi connectivity index (χ2n) is 12.1. The van der Waals surface area contributed by atoms with E-state index in [9.17, 15) is 14.4 Å². The number of fused-ring (bicyclic) bond motifs is 1. The van der Waals surface area contributed by atoms with E-state index < -0.39 is 23.6 Å². The van der Waals surface area contributed by atoms with Crippen molar-refractivity contribution in [1.29, 1.82) is 0 Å². The van der Waals surface area contributed by atoms with Crippen molar-refractivity contribution < 1.29 is 23.9 Å². The summed E-state index contributed by atoms with van der Waals surface area (Å²) in [6.45, 7) is 12.5. The molecule has 2 amide bonds. The highest BCUT2D eigenvalue weighted by atomic mass is 16.6. The van der Waals surface area contributed by atoms with E-state index in [0.717, 1.165) is 37.9 Å². The minimum Gasteiger partial charge on any atom is -0.374 e. The fourth-order valence-electron chi connectivity index (χ4n) is 6.15. The first-order chi connectivity index (χ1) is 18.2. The maximum absolute atomic E-state index is 13.8. The van der Waals surface area contributed by atoms with Crippen LogP contribution in [0.25, 0.3) is 0 Å². The van der Waals surface area contributed by atoms with Crippen molar-refractivity contribution in [2.75, 3.05) is 50.8 Å². The summed E-state index contributed by atoms with van der Waals surface area (Å²) >= 11 is 0. The number of ketones is 1. The van der Waals surface area contributed by atoms with Gasteiger partial charge in [0, 0.05) is 50.1 Å². The Morgan fingerprint density at radius 2 is 1.79 bits per heavy atom. The third-order valence-electron chi connectivity index (χ3n) is 8.59. The van der Waals surface area contributed by atoms with Gasteiger partial charge in [-0.1, -0.05) is 27.2 Å². The van der Waals surface area contributed by atoms with E-state index in [1.54, 1.807) is 4.90 Å². The summed E-state index contributed by atoms with van der Waals surface area (Å²) in [5, 5.41) is 2.98. The second-order valence-corrected chi connectivity index (χ2v) is 12.1. The lowest BCUT2D eigenvalue weighted by molar-refractivity contribution is -0.140. The zero-order valence-electron chi connectivity index (χ0n) is 23.2. The summed E-state index contributed by atoms with van der Waals surface area (Å²) in [5.74, 6) is -0.692. The standard InChI is InChI=1S/C29H42N4O5/c1-5-37-23-17-33(24-22(34)18-38-25(23)24)28(36)26(29(2,3)4)30-27(35)19-9-11-21(12-10-19)32-15-13-31(14-16-32)20-7-6-8-20/h9-12,20,23-26H,5-8,13-18H2,1-4H3,(H,30,35)/t23-,24+,25+,26?/m0/s1. The van der Waals surface area contributed by atoms with Gasteiger partial charge in [0.25, 0.3) is 5.91 Å². The van der Waals surface area contributed by atoms with Crippen LogP contribution in [0.2, 0.25) is 0 Å². The molecule has 1 aliphatic carbocycles. The van der Waals surface area contributed by atoms with Crippen LogP contribution in [-0.2, 0) is 19.1 Å². The number of anilines is 1. The van der Waals surface area contributed by atoms with Gasteiger partial charge in [-0.15, -0.1) is 0 Å². The van der Waals surface area contributed by atoms with Crippen LogP contribution < -0.4 is 10.2 Å². The van der Waals surface area contributed by atoms with Crippen molar-refractivity contribution in [2.24, 2.45) is 5.41 Å². The number of nitrogens with zero attached hydrogens (tertiary/aromatic N) is 3. The number of nitrogens with one attached hydrogen (secondary N) is 1. The predicted octanol–water partition coefficient (Wildman–Crippen LogP) is 2.09. The van der Waals surface area contributed by atoms with Crippen LogP contribution in [0.1, 0.15) is 57.3 Å². The average Bonchev–Trinajstić information content (AvgIpc) is 3.42. The van der Waals surface area contributed by atoms with Gasteiger partial charge in [0.05, 0.1) is 6.54 Å². The lowest BCUT2D eigenvalue weighted by Crippen LogP contribution is -2.57. The Morgan fingerprint density at radius 1 is 1.11 bits per heavy atom. The molecular weight excluding hydrogens is 484 g/mol. The molecule has 1 unspecified atom stereocenters.